The van der Waals surface area contributed by atoms with Gasteiger partial charge in [0, 0.05) is 28.1 Å². The second kappa shape index (κ2) is 8.11. The third kappa shape index (κ3) is 4.36. The minimum atomic E-state index is -0.214. The Morgan fingerprint density at radius 2 is 1.88 bits per heavy atom. The van der Waals surface area contributed by atoms with Crippen LogP contribution in [0.1, 0.15) is 18.1 Å². The van der Waals surface area contributed by atoms with E-state index in [4.69, 9.17) is 23.2 Å². The van der Waals surface area contributed by atoms with Crippen LogP contribution in [-0.4, -0.2) is 29.5 Å². The van der Waals surface area contributed by atoms with Gasteiger partial charge in [0.05, 0.1) is 17.9 Å². The number of amides is 1. The molecule has 25 heavy (non-hydrogen) atoms. The molecule has 0 fully saturated rings. The van der Waals surface area contributed by atoms with Crippen LogP contribution in [0.25, 0.3) is 0 Å². The molecule has 0 radical (unpaired) electrons. The van der Waals surface area contributed by atoms with Gasteiger partial charge in [-0.15, -0.1) is 0 Å². The molecule has 1 aliphatic heterocycles. The summed E-state index contributed by atoms with van der Waals surface area (Å²) in [6.45, 7) is 1.68. The molecule has 8 heteroatoms. The normalized spacial score (nSPS) is 12.8. The molecule has 130 valence electrons. The highest BCUT2D eigenvalue weighted by Gasteiger charge is 2.18. The van der Waals surface area contributed by atoms with Gasteiger partial charge in [-0.25, -0.2) is 4.99 Å². The SMILES string of the molecule is CC(=O)NNC1=Nc2ccc(Cl)cc2C(c2ccccc2Cl)=NC1.O. The Morgan fingerprint density at radius 3 is 2.60 bits per heavy atom. The molecule has 2 aromatic carbocycles. The van der Waals surface area contributed by atoms with Crippen LogP contribution in [0.2, 0.25) is 10.0 Å². The van der Waals surface area contributed by atoms with Crippen LogP contribution in [0.4, 0.5) is 5.69 Å². The van der Waals surface area contributed by atoms with Gasteiger partial charge in [-0.05, 0) is 24.3 Å². The zero-order valence-electron chi connectivity index (χ0n) is 13.3. The minimum Gasteiger partial charge on any atom is -0.412 e. The molecule has 4 N–H and O–H groups in total. The molecule has 0 saturated carbocycles. The van der Waals surface area contributed by atoms with Crippen molar-refractivity contribution in [2.75, 3.05) is 6.54 Å². The number of carbonyl (C=O) groups is 1. The molecule has 1 amide bonds. The lowest BCUT2D eigenvalue weighted by Gasteiger charge is -2.10. The van der Waals surface area contributed by atoms with E-state index in [1.165, 1.54) is 6.92 Å². The standard InChI is InChI=1S/C17H14Cl2N4O.H2O/c1-10(24)22-23-16-9-20-17(12-4-2-3-5-14(12)19)13-8-11(18)6-7-15(13)21-16;/h2-8H,9H2,1H3,(H,21,23)(H,22,24);1H2. The van der Waals surface area contributed by atoms with Crippen molar-refractivity contribution >= 4 is 46.3 Å². The molecule has 1 heterocycles. The average Bonchev–Trinajstić information content (AvgIpc) is 2.72. The van der Waals surface area contributed by atoms with Crippen molar-refractivity contribution in [2.45, 2.75) is 6.92 Å². The fourth-order valence-electron chi connectivity index (χ4n) is 2.33. The topological polar surface area (TPSA) is 97.3 Å². The van der Waals surface area contributed by atoms with Gasteiger partial charge in [-0.1, -0.05) is 41.4 Å². The Kier molecular flexibility index (Phi) is 6.14. The van der Waals surface area contributed by atoms with Gasteiger partial charge in [-0.2, -0.15) is 0 Å². The van der Waals surface area contributed by atoms with Crippen molar-refractivity contribution in [1.29, 1.82) is 0 Å². The Labute approximate surface area is 154 Å². The molecule has 2 aromatic rings. The van der Waals surface area contributed by atoms with E-state index in [-0.39, 0.29) is 17.9 Å². The highest BCUT2D eigenvalue weighted by atomic mass is 35.5. The van der Waals surface area contributed by atoms with Crippen molar-refractivity contribution in [3.05, 3.63) is 63.6 Å². The number of nitrogens with zero attached hydrogens (tertiary/aromatic N) is 2. The summed E-state index contributed by atoms with van der Waals surface area (Å²) in [5.74, 6) is 0.310. The Hall–Kier alpha value is -2.41. The lowest BCUT2D eigenvalue weighted by Crippen LogP contribution is -2.41. The summed E-state index contributed by atoms with van der Waals surface area (Å²) < 4.78 is 0. The van der Waals surface area contributed by atoms with Gasteiger partial charge < -0.3 is 5.48 Å². The predicted molar refractivity (Wildman–Crippen MR) is 101 cm³/mol. The molecule has 1 aliphatic rings. The highest BCUT2D eigenvalue weighted by molar-refractivity contribution is 6.36. The first kappa shape index (κ1) is 18.9. The summed E-state index contributed by atoms with van der Waals surface area (Å²) in [6.07, 6.45) is 0. The number of fused-ring (bicyclic) bond motifs is 1. The number of amidine groups is 1. The fourth-order valence-corrected chi connectivity index (χ4v) is 2.72. The molecule has 0 saturated heterocycles. The molecule has 0 aliphatic carbocycles. The lowest BCUT2D eigenvalue weighted by molar-refractivity contribution is -0.119. The van der Waals surface area contributed by atoms with E-state index in [0.717, 1.165) is 11.1 Å². The maximum atomic E-state index is 11.1. The van der Waals surface area contributed by atoms with Gasteiger partial charge in [0.25, 0.3) is 0 Å². The van der Waals surface area contributed by atoms with Crippen molar-refractivity contribution < 1.29 is 10.3 Å². The number of nitrogens with one attached hydrogen (secondary N) is 2. The average molecular weight is 379 g/mol. The molecule has 0 spiro atoms. The maximum Gasteiger partial charge on any atom is 0.235 e. The molecular formula is C17H16Cl2N4O2. The number of aliphatic imine (C=N–C) groups is 2. The van der Waals surface area contributed by atoms with Gasteiger partial charge in [0.1, 0.15) is 5.84 Å². The second-order valence-corrected chi connectivity index (χ2v) is 6.01. The van der Waals surface area contributed by atoms with Crippen molar-refractivity contribution in [1.82, 2.24) is 10.9 Å². The summed E-state index contributed by atoms with van der Waals surface area (Å²) in [7, 11) is 0. The minimum absolute atomic E-state index is 0. The fraction of sp³-hybridized carbons (Fsp3) is 0.118. The Bertz CT molecular complexity index is 865. The van der Waals surface area contributed by atoms with E-state index in [9.17, 15) is 4.79 Å². The first-order valence-corrected chi connectivity index (χ1v) is 7.99. The first-order chi connectivity index (χ1) is 11.5. The molecule has 0 atom stereocenters. The number of hydrazine groups is 1. The molecule has 0 bridgehead atoms. The third-order valence-corrected chi connectivity index (χ3v) is 3.93. The monoisotopic (exact) mass is 378 g/mol. The van der Waals surface area contributed by atoms with Crippen LogP contribution in [0.3, 0.4) is 0 Å². The summed E-state index contributed by atoms with van der Waals surface area (Å²) in [4.78, 5) is 20.3. The predicted octanol–water partition coefficient (Wildman–Crippen LogP) is 2.69. The summed E-state index contributed by atoms with van der Waals surface area (Å²) in [5.41, 5.74) is 8.29. The van der Waals surface area contributed by atoms with E-state index in [1.54, 1.807) is 6.07 Å². The Balaban J connectivity index is 0.00000225. The van der Waals surface area contributed by atoms with Crippen LogP contribution in [0.5, 0.6) is 0 Å². The van der Waals surface area contributed by atoms with E-state index >= 15 is 0 Å². The Morgan fingerprint density at radius 1 is 1.12 bits per heavy atom. The molecule has 0 aromatic heterocycles. The van der Waals surface area contributed by atoms with Gasteiger partial charge >= 0.3 is 0 Å². The summed E-state index contributed by atoms with van der Waals surface area (Å²) in [6, 6.07) is 12.9. The summed E-state index contributed by atoms with van der Waals surface area (Å²) in [5, 5.41) is 1.18. The third-order valence-electron chi connectivity index (χ3n) is 3.37. The van der Waals surface area contributed by atoms with Crippen molar-refractivity contribution in [2.24, 2.45) is 9.98 Å². The molecular weight excluding hydrogens is 363 g/mol. The maximum absolute atomic E-state index is 11.1. The van der Waals surface area contributed by atoms with E-state index < -0.39 is 0 Å². The number of benzene rings is 2. The van der Waals surface area contributed by atoms with Crippen molar-refractivity contribution in [3.8, 4) is 0 Å². The molecule has 6 nitrogen and oxygen atoms in total. The number of halogens is 2. The quantitative estimate of drug-likeness (QED) is 0.745. The number of hydrogen-bond acceptors (Lipinski definition) is 4. The van der Waals surface area contributed by atoms with Crippen LogP contribution < -0.4 is 10.9 Å². The van der Waals surface area contributed by atoms with Crippen LogP contribution in [0, 0.1) is 0 Å². The van der Waals surface area contributed by atoms with Gasteiger partial charge in [0.2, 0.25) is 5.91 Å². The number of hydrogen-bond donors (Lipinski definition) is 2. The first-order valence-electron chi connectivity index (χ1n) is 7.24. The lowest BCUT2D eigenvalue weighted by atomic mass is 10.0. The van der Waals surface area contributed by atoms with Crippen LogP contribution in [0.15, 0.2) is 52.4 Å². The zero-order chi connectivity index (χ0) is 17.1. The smallest absolute Gasteiger partial charge is 0.235 e. The van der Waals surface area contributed by atoms with E-state index in [2.05, 4.69) is 20.8 Å². The molecule has 3 rings (SSSR count). The summed E-state index contributed by atoms with van der Waals surface area (Å²) >= 11 is 12.5. The largest absolute Gasteiger partial charge is 0.412 e. The zero-order valence-corrected chi connectivity index (χ0v) is 14.8. The number of rotatable bonds is 1. The van der Waals surface area contributed by atoms with E-state index in [0.29, 0.717) is 27.3 Å². The highest BCUT2D eigenvalue weighted by Crippen LogP contribution is 2.30. The molecule has 0 unspecified atom stereocenters. The van der Waals surface area contributed by atoms with Crippen molar-refractivity contribution in [3.63, 3.8) is 0 Å². The second-order valence-electron chi connectivity index (χ2n) is 5.17. The van der Waals surface area contributed by atoms with Gasteiger partial charge in [0.15, 0.2) is 0 Å². The van der Waals surface area contributed by atoms with Crippen LogP contribution >= 0.6 is 23.2 Å². The number of carbonyl (C=O) groups excluding carboxylic acids is 1. The van der Waals surface area contributed by atoms with Gasteiger partial charge in [-0.3, -0.25) is 20.6 Å². The van der Waals surface area contributed by atoms with Crippen LogP contribution in [-0.2, 0) is 4.79 Å². The van der Waals surface area contributed by atoms with E-state index in [1.807, 2.05) is 36.4 Å².